The number of rotatable bonds is 5. The fourth-order valence-corrected chi connectivity index (χ4v) is 3.77. The molecule has 2 N–H and O–H groups in total. The van der Waals surface area contributed by atoms with Crippen LogP contribution in [0, 0.1) is 11.6 Å². The average molecular weight is 447 g/mol. The molecule has 0 radical (unpaired) electrons. The molecular weight excluding hydrogens is 428 g/mol. The van der Waals surface area contributed by atoms with Crippen molar-refractivity contribution in [3.8, 4) is 11.1 Å². The first kappa shape index (κ1) is 21.8. The van der Waals surface area contributed by atoms with Crippen LogP contribution in [-0.4, -0.2) is 70.9 Å². The van der Waals surface area contributed by atoms with Gasteiger partial charge in [-0.15, -0.1) is 0 Å². The summed E-state index contributed by atoms with van der Waals surface area (Å²) in [5.74, 6) is -5.03. The molecule has 1 atom stereocenters. The maximum absolute atomic E-state index is 14.5. The molecule has 168 valence electrons. The minimum Gasteiger partial charge on any atom is -0.480 e. The van der Waals surface area contributed by atoms with Gasteiger partial charge in [0, 0.05) is 24.2 Å². The minimum absolute atomic E-state index is 0.0143. The highest BCUT2D eigenvalue weighted by atomic mass is 19.1. The molecule has 3 heterocycles. The number of likely N-dealkylation sites (tertiary alicyclic amines) is 1. The number of pyridine rings is 1. The van der Waals surface area contributed by atoms with Crippen molar-refractivity contribution in [1.82, 2.24) is 15.2 Å². The van der Waals surface area contributed by atoms with Gasteiger partial charge in [-0.25, -0.2) is 13.6 Å². The maximum atomic E-state index is 14.5. The summed E-state index contributed by atoms with van der Waals surface area (Å²) in [6.07, 6.45) is 1.12. The van der Waals surface area contributed by atoms with Crippen molar-refractivity contribution >= 4 is 17.8 Å². The summed E-state index contributed by atoms with van der Waals surface area (Å²) in [6.45, 7) is 0.0200. The Kier molecular flexibility index (Phi) is 5.85. The van der Waals surface area contributed by atoms with Crippen molar-refractivity contribution in [3.05, 3.63) is 53.9 Å². The van der Waals surface area contributed by atoms with E-state index in [0.29, 0.717) is 18.8 Å². The number of ether oxygens (including phenoxy) is 2. The van der Waals surface area contributed by atoms with Crippen LogP contribution in [0.25, 0.3) is 11.1 Å². The molecule has 0 aliphatic carbocycles. The predicted octanol–water partition coefficient (Wildman–Crippen LogP) is 1.19. The smallest absolute Gasteiger partial charge is 0.326 e. The molecule has 1 spiro atoms. The summed E-state index contributed by atoms with van der Waals surface area (Å²) >= 11 is 0. The number of nitrogens with one attached hydrogen (secondary N) is 1. The van der Waals surface area contributed by atoms with Gasteiger partial charge in [0.1, 0.15) is 23.4 Å². The van der Waals surface area contributed by atoms with E-state index in [4.69, 9.17) is 9.47 Å². The van der Waals surface area contributed by atoms with Gasteiger partial charge in [0.05, 0.1) is 26.3 Å². The van der Waals surface area contributed by atoms with Crippen molar-refractivity contribution in [3.63, 3.8) is 0 Å². The van der Waals surface area contributed by atoms with Crippen molar-refractivity contribution in [2.45, 2.75) is 18.2 Å². The van der Waals surface area contributed by atoms with Gasteiger partial charge in [-0.1, -0.05) is 12.1 Å². The third kappa shape index (κ3) is 4.30. The van der Waals surface area contributed by atoms with Crippen LogP contribution in [0.2, 0.25) is 0 Å². The fourth-order valence-electron chi connectivity index (χ4n) is 3.77. The lowest BCUT2D eigenvalue weighted by molar-refractivity contribution is -0.152. The fraction of sp³-hybridized carbons (Fsp3) is 0.333. The van der Waals surface area contributed by atoms with Crippen LogP contribution in [0.3, 0.4) is 0 Å². The summed E-state index contributed by atoms with van der Waals surface area (Å²) in [4.78, 5) is 41.5. The van der Waals surface area contributed by atoms with Gasteiger partial charge in [0.25, 0.3) is 5.91 Å². The molecule has 2 fully saturated rings. The molecule has 2 aromatic rings. The van der Waals surface area contributed by atoms with E-state index in [0.717, 1.165) is 17.2 Å². The minimum atomic E-state index is -1.21. The first-order valence-corrected chi connectivity index (χ1v) is 9.78. The van der Waals surface area contributed by atoms with Crippen molar-refractivity contribution < 1.29 is 37.7 Å². The van der Waals surface area contributed by atoms with Gasteiger partial charge < -0.3 is 24.8 Å². The molecule has 11 heteroatoms. The number of carboxylic acids is 1. The van der Waals surface area contributed by atoms with E-state index in [2.05, 4.69) is 10.3 Å². The third-order valence-corrected chi connectivity index (χ3v) is 5.35. The zero-order valence-corrected chi connectivity index (χ0v) is 16.7. The van der Waals surface area contributed by atoms with E-state index in [1.807, 2.05) is 0 Å². The lowest BCUT2D eigenvalue weighted by Gasteiger charge is -2.23. The van der Waals surface area contributed by atoms with Gasteiger partial charge in [-0.05, 0) is 17.7 Å². The second-order valence-electron chi connectivity index (χ2n) is 7.43. The monoisotopic (exact) mass is 447 g/mol. The summed E-state index contributed by atoms with van der Waals surface area (Å²) < 4.78 is 38.5. The van der Waals surface area contributed by atoms with Gasteiger partial charge in [-0.3, -0.25) is 14.6 Å². The second-order valence-corrected chi connectivity index (χ2v) is 7.43. The summed E-state index contributed by atoms with van der Waals surface area (Å²) in [5.41, 5.74) is 0.203. The molecule has 0 saturated carbocycles. The molecular formula is C21H19F2N3O6. The van der Waals surface area contributed by atoms with E-state index in [1.54, 1.807) is 0 Å². The number of carboxylic acid groups (broad SMARTS) is 1. The zero-order valence-electron chi connectivity index (χ0n) is 16.7. The summed E-state index contributed by atoms with van der Waals surface area (Å²) in [6, 6.07) is 4.87. The Morgan fingerprint density at radius 1 is 1.19 bits per heavy atom. The van der Waals surface area contributed by atoms with Crippen LogP contribution in [0.1, 0.15) is 16.9 Å². The lowest BCUT2D eigenvalue weighted by Crippen LogP contribution is -2.46. The Hall–Kier alpha value is -3.44. The van der Waals surface area contributed by atoms with E-state index >= 15 is 0 Å². The highest BCUT2D eigenvalue weighted by Crippen LogP contribution is 2.34. The Labute approximate surface area is 180 Å². The quantitative estimate of drug-likeness (QED) is 0.707. The predicted molar refractivity (Wildman–Crippen MR) is 104 cm³/mol. The van der Waals surface area contributed by atoms with Crippen LogP contribution in [0.15, 0.2) is 36.5 Å². The Morgan fingerprint density at radius 3 is 2.50 bits per heavy atom. The number of amides is 2. The van der Waals surface area contributed by atoms with Crippen LogP contribution >= 0.6 is 0 Å². The SMILES string of the molecule is O=C(NCC(=O)N1CC2(C[C@H]1C(=O)O)OCCO2)c1cc(F)c(-c2ccc(F)cc2)cn1. The van der Waals surface area contributed by atoms with E-state index in [9.17, 15) is 28.3 Å². The molecule has 2 aliphatic rings. The van der Waals surface area contributed by atoms with Crippen LogP contribution in [0.4, 0.5) is 8.78 Å². The average Bonchev–Trinajstić information content (AvgIpc) is 3.39. The lowest BCUT2D eigenvalue weighted by atomic mass is 10.1. The first-order chi connectivity index (χ1) is 15.3. The Morgan fingerprint density at radius 2 is 1.88 bits per heavy atom. The zero-order chi connectivity index (χ0) is 22.9. The van der Waals surface area contributed by atoms with Crippen LogP contribution < -0.4 is 5.32 Å². The van der Waals surface area contributed by atoms with Gasteiger partial charge in [-0.2, -0.15) is 0 Å². The normalized spacial score (nSPS) is 19.3. The van der Waals surface area contributed by atoms with E-state index < -0.39 is 47.8 Å². The molecule has 0 unspecified atom stereocenters. The number of aliphatic carboxylic acids is 1. The molecule has 32 heavy (non-hydrogen) atoms. The molecule has 0 bridgehead atoms. The molecule has 9 nitrogen and oxygen atoms in total. The highest BCUT2D eigenvalue weighted by Gasteiger charge is 2.52. The standard InChI is InChI=1S/C21H19F2N3O6/c22-13-3-1-12(2-4-13)14-9-24-16(7-15(14)23)19(28)25-10-18(27)26-11-21(31-5-6-32-21)8-17(26)20(29)30/h1-4,7,9,17H,5-6,8,10-11H2,(H,25,28)(H,29,30)/t17-/m0/s1. The Balaban J connectivity index is 1.41. The molecule has 4 rings (SSSR count). The number of nitrogens with zero attached hydrogens (tertiary/aromatic N) is 2. The maximum Gasteiger partial charge on any atom is 0.326 e. The largest absolute Gasteiger partial charge is 0.480 e. The molecule has 1 aromatic heterocycles. The topological polar surface area (TPSA) is 118 Å². The van der Waals surface area contributed by atoms with E-state index in [-0.39, 0.29) is 24.2 Å². The van der Waals surface area contributed by atoms with Crippen molar-refractivity contribution in [1.29, 1.82) is 0 Å². The number of benzene rings is 1. The number of carbonyl (C=O) groups excluding carboxylic acids is 2. The van der Waals surface area contributed by atoms with Gasteiger partial charge in [0.15, 0.2) is 5.79 Å². The van der Waals surface area contributed by atoms with E-state index in [1.165, 1.54) is 24.3 Å². The van der Waals surface area contributed by atoms with Crippen molar-refractivity contribution in [2.24, 2.45) is 0 Å². The Bertz CT molecular complexity index is 1060. The number of hydrogen-bond donors (Lipinski definition) is 2. The summed E-state index contributed by atoms with van der Waals surface area (Å²) in [5, 5.41) is 11.8. The molecule has 2 saturated heterocycles. The van der Waals surface area contributed by atoms with Crippen LogP contribution in [0.5, 0.6) is 0 Å². The number of carbonyl (C=O) groups is 3. The molecule has 2 aliphatic heterocycles. The van der Waals surface area contributed by atoms with Crippen molar-refractivity contribution in [2.75, 3.05) is 26.3 Å². The number of halogens is 2. The highest BCUT2D eigenvalue weighted by molar-refractivity contribution is 5.95. The molecule has 1 aromatic carbocycles. The van der Waals surface area contributed by atoms with Crippen LogP contribution in [-0.2, 0) is 19.1 Å². The molecule has 2 amide bonds. The summed E-state index contributed by atoms with van der Waals surface area (Å²) in [7, 11) is 0. The van der Waals surface area contributed by atoms with Gasteiger partial charge >= 0.3 is 5.97 Å². The first-order valence-electron chi connectivity index (χ1n) is 9.78. The number of aromatic nitrogens is 1. The van der Waals surface area contributed by atoms with Gasteiger partial charge in [0.2, 0.25) is 5.91 Å². The third-order valence-electron chi connectivity index (χ3n) is 5.35. The number of hydrogen-bond acceptors (Lipinski definition) is 6. The second kappa shape index (κ2) is 8.60.